The first-order valence-corrected chi connectivity index (χ1v) is 36.8. The van der Waals surface area contributed by atoms with Gasteiger partial charge in [0.25, 0.3) is 17.7 Å². The maximum Gasteiger partial charge on any atom is 0.341 e. The molecule has 10 atom stereocenters. The van der Waals surface area contributed by atoms with Crippen LogP contribution in [-0.4, -0.2) is 250 Å². The number of ketones is 2. The zero-order valence-corrected chi connectivity index (χ0v) is 63.5. The number of Topliss-reactive ketones (excluding diaryl/α,β-unsaturated/α-hetero) is 2. The van der Waals surface area contributed by atoms with Gasteiger partial charge >= 0.3 is 23.9 Å². The number of carbonyl (C=O) groups is 15. The van der Waals surface area contributed by atoms with Crippen LogP contribution in [0, 0.1) is 0 Å². The van der Waals surface area contributed by atoms with Gasteiger partial charge in [0.05, 0.1) is 83.5 Å². The average molecular weight is 1610 g/mol. The Morgan fingerprint density at radius 1 is 0.458 bits per heavy atom. The summed E-state index contributed by atoms with van der Waals surface area (Å²) in [5.74, 6) is -9.21. The number of aliphatic hydroxyl groups is 1. The Bertz CT molecular complexity index is 3820. The van der Waals surface area contributed by atoms with E-state index in [1.807, 2.05) is 0 Å². The number of fused-ring (bicyclic) bond motifs is 3. The number of hydrazine groups is 3. The number of nitrogens with zero attached hydrogens (tertiary/aromatic N) is 6. The fraction of sp³-hybridized carbons (Fsp3) is 0.522. The van der Waals surface area contributed by atoms with Crippen molar-refractivity contribution in [2.75, 3.05) is 60.6 Å². The highest BCUT2D eigenvalue weighted by molar-refractivity contribution is 6.40. The predicted octanol–water partition coefficient (Wildman–Crippen LogP) is 4.05. The molecule has 32 nitrogen and oxygen atoms in total. The van der Waals surface area contributed by atoms with Gasteiger partial charge in [-0.2, -0.15) is 0 Å². The van der Waals surface area contributed by atoms with E-state index in [0.717, 1.165) is 5.01 Å². The number of ether oxygens (including phenoxy) is 3. The number of benzene rings is 3. The molecular formula is C69H84Cl6N12O20. The lowest BCUT2D eigenvalue weighted by atomic mass is 10.0. The third kappa shape index (κ3) is 21.6. The van der Waals surface area contributed by atoms with Gasteiger partial charge < -0.3 is 56.3 Å². The van der Waals surface area contributed by atoms with Gasteiger partial charge in [-0.15, -0.1) is 0 Å². The Hall–Kier alpha value is -8.31. The van der Waals surface area contributed by atoms with E-state index in [2.05, 4.69) is 31.9 Å². The molecule has 1 unspecified atom stereocenters. The summed E-state index contributed by atoms with van der Waals surface area (Å²) in [5, 5.41) is 44.3. The maximum absolute atomic E-state index is 13.2. The maximum atomic E-state index is 13.2. The van der Waals surface area contributed by atoms with E-state index in [9.17, 15) is 82.1 Å². The summed E-state index contributed by atoms with van der Waals surface area (Å²) in [6, 6.07) is 5.36. The van der Waals surface area contributed by atoms with Gasteiger partial charge in [-0.3, -0.25) is 72.6 Å². The first-order chi connectivity index (χ1) is 50.9. The fourth-order valence-electron chi connectivity index (χ4n) is 12.8. The summed E-state index contributed by atoms with van der Waals surface area (Å²) in [7, 11) is 4.84. The molecule has 6 fully saturated rings. The molecule has 0 aromatic heterocycles. The summed E-state index contributed by atoms with van der Waals surface area (Å²) < 4.78 is 15.3. The van der Waals surface area contributed by atoms with E-state index < -0.39 is 146 Å². The molecule has 6 saturated heterocycles. The molecule has 9 rings (SSSR count). The second kappa shape index (κ2) is 40.2. The van der Waals surface area contributed by atoms with Gasteiger partial charge in [0.15, 0.2) is 24.8 Å². The number of hydrogen-bond acceptors (Lipinski definition) is 22. The number of esters is 3. The van der Waals surface area contributed by atoms with Crippen LogP contribution in [0.4, 0.5) is 0 Å². The van der Waals surface area contributed by atoms with Crippen LogP contribution in [0.1, 0.15) is 141 Å². The van der Waals surface area contributed by atoms with Gasteiger partial charge in [0, 0.05) is 38.9 Å². The zero-order valence-electron chi connectivity index (χ0n) is 59.0. The molecule has 582 valence electrons. The number of aliphatic hydroxyl groups excluding tert-OH is 1. The number of rotatable bonds is 25. The molecule has 6 aliphatic rings. The molecule has 0 spiro atoms. The number of carboxylic acid groups (broad SMARTS) is 1. The van der Waals surface area contributed by atoms with E-state index in [1.54, 1.807) is 47.1 Å². The summed E-state index contributed by atoms with van der Waals surface area (Å²) in [4.78, 5) is 191. The third-order valence-electron chi connectivity index (χ3n) is 18.5. The Morgan fingerprint density at radius 3 is 1.07 bits per heavy atom. The molecule has 6 heterocycles. The van der Waals surface area contributed by atoms with Crippen molar-refractivity contribution < 1.29 is 96.3 Å². The van der Waals surface area contributed by atoms with E-state index in [4.69, 9.17) is 83.8 Å². The Labute approximate surface area is 645 Å². The van der Waals surface area contributed by atoms with E-state index in [0.29, 0.717) is 64.5 Å². The minimum atomic E-state index is -1.56. The van der Waals surface area contributed by atoms with Crippen LogP contribution in [-0.2, 0) is 71.7 Å². The molecule has 8 N–H and O–H groups in total. The minimum Gasteiger partial charge on any atom is -0.481 e. The number of amides is 9. The van der Waals surface area contributed by atoms with Crippen LogP contribution in [0.2, 0.25) is 30.1 Å². The van der Waals surface area contributed by atoms with Gasteiger partial charge in [-0.05, 0) is 128 Å². The standard InChI is InChI=1S/C23H26Cl2N4O8.C23H30Cl2N4O6.C23H28Cl2N4O6/c1-26-14-7-8-18(31)28-9-3-6-16(29(28)22(14)35)21(34)27-15(10-19(32)33)17(30)11-37-23(36)20-12(24)4-2-5-13(20)25;2*1-3-15(18(30)12-35-23(34)20-13(24)6-4-7-14(20)25)27-21(32)17-8-5-11-28-19(31)10-9-16(26-2)22(33)29(17)28/h2,4-5,14-16,26H,3,6-11H2,1H3,(H,27,34)(H,32,33);4,6-7,15-18,26,30H,3,5,8-12H2,1-2H3,(H,27,32);4,6-7,15-17,26H,3,5,8-12H2,1-2H3,(H,27,32)/t14-,15-,16-;15-,16-,17-,18?;15-,16-,17-/m000/s1. The lowest BCUT2D eigenvalue weighted by Gasteiger charge is -2.43. The Balaban J connectivity index is 0.000000224. The van der Waals surface area contributed by atoms with Crippen LogP contribution in [0.5, 0.6) is 0 Å². The zero-order chi connectivity index (χ0) is 78.7. The molecule has 3 aromatic carbocycles. The van der Waals surface area contributed by atoms with E-state index >= 15 is 0 Å². The van der Waals surface area contributed by atoms with Crippen LogP contribution in [0.3, 0.4) is 0 Å². The molecule has 107 heavy (non-hydrogen) atoms. The highest BCUT2D eigenvalue weighted by atomic mass is 35.5. The van der Waals surface area contributed by atoms with Gasteiger partial charge in [0.2, 0.25) is 35.4 Å². The van der Waals surface area contributed by atoms with Gasteiger partial charge in [-0.1, -0.05) is 102 Å². The molecular weight excluding hydrogens is 1530 g/mol. The van der Waals surface area contributed by atoms with Crippen LogP contribution >= 0.6 is 69.6 Å². The topological polar surface area (TPSA) is 416 Å². The number of halogens is 6. The lowest BCUT2D eigenvalue weighted by molar-refractivity contribution is -0.176. The minimum absolute atomic E-state index is 0.00118. The van der Waals surface area contributed by atoms with Crippen molar-refractivity contribution in [3.8, 4) is 0 Å². The highest BCUT2D eigenvalue weighted by Crippen LogP contribution is 2.32. The molecule has 3 aromatic rings. The van der Waals surface area contributed by atoms with Crippen LogP contribution in [0.15, 0.2) is 54.6 Å². The predicted molar refractivity (Wildman–Crippen MR) is 386 cm³/mol. The largest absolute Gasteiger partial charge is 0.481 e. The number of nitrogens with one attached hydrogen (secondary N) is 6. The number of carboxylic acids is 1. The molecule has 0 bridgehead atoms. The summed E-state index contributed by atoms with van der Waals surface area (Å²) >= 11 is 36.0. The monoisotopic (exact) mass is 1610 g/mol. The van der Waals surface area contributed by atoms with Crippen molar-refractivity contribution in [2.45, 2.75) is 171 Å². The molecule has 9 amide bonds. The van der Waals surface area contributed by atoms with Crippen LogP contribution in [0.25, 0.3) is 0 Å². The van der Waals surface area contributed by atoms with Crippen molar-refractivity contribution in [3.63, 3.8) is 0 Å². The van der Waals surface area contributed by atoms with Crippen molar-refractivity contribution in [1.29, 1.82) is 0 Å². The molecule has 0 aliphatic carbocycles. The first kappa shape index (κ1) is 85.9. The van der Waals surface area contributed by atoms with E-state index in [-0.39, 0.29) is 121 Å². The van der Waals surface area contributed by atoms with Crippen molar-refractivity contribution in [3.05, 3.63) is 101 Å². The SMILES string of the molecule is CC[C@H](NC(=O)[C@@H]1CCCN2C(=O)CC[C@H](NC)C(=O)N12)C(=O)COC(=O)c1c(Cl)cccc1Cl.CC[C@H](NC(=O)[C@@H]1CCCN2C(=O)CC[C@H](NC)C(=O)N12)C(O)COC(=O)c1c(Cl)cccc1Cl.CN[C@H]1CCC(=O)N2CCC[C@@H](C(=O)N[C@@H](CC(=O)O)C(=O)COC(=O)c3c(Cl)cccc3Cl)N2C1=O. The first-order valence-electron chi connectivity index (χ1n) is 34.5. The van der Waals surface area contributed by atoms with Crippen molar-refractivity contribution >= 4 is 158 Å². The summed E-state index contributed by atoms with van der Waals surface area (Å²) in [6.07, 6.45) is 2.47. The summed E-state index contributed by atoms with van der Waals surface area (Å²) in [6.45, 7) is 2.55. The highest BCUT2D eigenvalue weighted by Gasteiger charge is 2.48. The number of aliphatic carboxylic acids is 1. The number of carbonyl (C=O) groups excluding carboxylic acids is 14. The third-order valence-corrected chi connectivity index (χ3v) is 20.4. The summed E-state index contributed by atoms with van der Waals surface area (Å²) in [5.41, 5.74) is -0.222. The van der Waals surface area contributed by atoms with Crippen LogP contribution < -0.4 is 31.9 Å². The van der Waals surface area contributed by atoms with Crippen molar-refractivity contribution in [2.24, 2.45) is 0 Å². The molecule has 38 heteroatoms. The Kier molecular flexibility index (Phi) is 32.3. The normalized spacial score (nSPS) is 21.3. The molecule has 0 saturated carbocycles. The molecule has 6 aliphatic heterocycles. The second-order valence-electron chi connectivity index (χ2n) is 25.4. The van der Waals surface area contributed by atoms with Gasteiger partial charge in [-0.25, -0.2) is 29.4 Å². The second-order valence-corrected chi connectivity index (χ2v) is 27.8. The fourth-order valence-corrected chi connectivity index (χ4v) is 14.4. The number of likely N-dealkylation sites (N-methyl/N-ethyl adjacent to an activating group) is 3. The lowest BCUT2D eigenvalue weighted by Crippen LogP contribution is -2.64. The van der Waals surface area contributed by atoms with Gasteiger partial charge in [0.1, 0.15) is 36.9 Å². The quantitative estimate of drug-likeness (QED) is 0.0438. The van der Waals surface area contributed by atoms with E-state index in [1.165, 1.54) is 67.5 Å². The average Bonchev–Trinajstić information content (AvgIpc) is 1.75. The Morgan fingerprint density at radius 2 is 0.766 bits per heavy atom. The molecule has 0 radical (unpaired) electrons. The number of hydrogen-bond donors (Lipinski definition) is 8. The smallest absolute Gasteiger partial charge is 0.341 e. The van der Waals surface area contributed by atoms with Crippen molar-refractivity contribution in [1.82, 2.24) is 62.0 Å².